The lowest BCUT2D eigenvalue weighted by Gasteiger charge is -2.03. The Morgan fingerprint density at radius 2 is 2.00 bits per heavy atom. The largest absolute Gasteiger partial charge is 0.461 e. The third-order valence-electron chi connectivity index (χ3n) is 2.48. The first-order valence-corrected chi connectivity index (χ1v) is 5.16. The van der Waals surface area contributed by atoms with E-state index in [0.29, 0.717) is 0 Å². The summed E-state index contributed by atoms with van der Waals surface area (Å²) in [7, 11) is 0. The van der Waals surface area contributed by atoms with Crippen LogP contribution in [0.3, 0.4) is 0 Å². The van der Waals surface area contributed by atoms with Crippen molar-refractivity contribution >= 4 is 5.69 Å². The Kier molecular flexibility index (Phi) is 2.50. The molecule has 0 unspecified atom stereocenters. The smallest absolute Gasteiger partial charge is 0.136 e. The predicted molar refractivity (Wildman–Crippen MR) is 62.7 cm³/mol. The monoisotopic (exact) mass is 201 g/mol. The van der Waals surface area contributed by atoms with Gasteiger partial charge < -0.3 is 10.2 Å². The number of anilines is 1. The van der Waals surface area contributed by atoms with Crippen molar-refractivity contribution in [2.24, 2.45) is 0 Å². The van der Waals surface area contributed by atoms with Crippen LogP contribution in [0.25, 0.3) is 11.3 Å². The molecule has 0 saturated heterocycles. The SMILES string of the molecule is CCc1ccc(-c2ccc(C)cc2N)o1. The van der Waals surface area contributed by atoms with Crippen molar-refractivity contribution in [2.75, 3.05) is 5.73 Å². The number of furan rings is 1. The minimum atomic E-state index is 0.770. The molecule has 2 nitrogen and oxygen atoms in total. The third-order valence-corrected chi connectivity index (χ3v) is 2.48. The van der Waals surface area contributed by atoms with Gasteiger partial charge in [-0.3, -0.25) is 0 Å². The van der Waals surface area contributed by atoms with Gasteiger partial charge in [-0.1, -0.05) is 13.0 Å². The Bertz CT molecular complexity index is 471. The predicted octanol–water partition coefficient (Wildman–Crippen LogP) is 3.40. The van der Waals surface area contributed by atoms with Crippen LogP contribution in [0.4, 0.5) is 5.69 Å². The minimum absolute atomic E-state index is 0.770. The van der Waals surface area contributed by atoms with Gasteiger partial charge in [0, 0.05) is 17.7 Å². The van der Waals surface area contributed by atoms with Gasteiger partial charge in [-0.05, 0) is 36.8 Å². The van der Waals surface area contributed by atoms with Crippen LogP contribution in [-0.2, 0) is 6.42 Å². The van der Waals surface area contributed by atoms with Crippen molar-refractivity contribution in [3.63, 3.8) is 0 Å². The number of hydrogen-bond acceptors (Lipinski definition) is 2. The molecule has 2 rings (SSSR count). The van der Waals surface area contributed by atoms with Crippen LogP contribution in [0.15, 0.2) is 34.7 Å². The Morgan fingerprint density at radius 1 is 1.20 bits per heavy atom. The van der Waals surface area contributed by atoms with Crippen molar-refractivity contribution in [1.82, 2.24) is 0 Å². The molecule has 0 spiro atoms. The zero-order chi connectivity index (χ0) is 10.8. The maximum atomic E-state index is 5.94. The van der Waals surface area contributed by atoms with E-state index in [0.717, 1.165) is 29.2 Å². The van der Waals surface area contributed by atoms with Crippen LogP contribution >= 0.6 is 0 Å². The minimum Gasteiger partial charge on any atom is -0.461 e. The van der Waals surface area contributed by atoms with E-state index in [1.165, 1.54) is 5.56 Å². The molecule has 0 fully saturated rings. The standard InChI is InChI=1S/C13H15NO/c1-3-10-5-7-13(15-10)11-6-4-9(2)8-12(11)14/h4-8H,3,14H2,1-2H3. The lowest BCUT2D eigenvalue weighted by atomic mass is 10.1. The summed E-state index contributed by atoms with van der Waals surface area (Å²) in [5, 5.41) is 0. The molecule has 0 bridgehead atoms. The first-order chi connectivity index (χ1) is 7.20. The fraction of sp³-hybridized carbons (Fsp3) is 0.231. The first kappa shape index (κ1) is 9.84. The average molecular weight is 201 g/mol. The number of nitrogen functional groups attached to an aromatic ring is 1. The fourth-order valence-electron chi connectivity index (χ4n) is 1.62. The number of rotatable bonds is 2. The summed E-state index contributed by atoms with van der Waals surface area (Å²) >= 11 is 0. The first-order valence-electron chi connectivity index (χ1n) is 5.16. The maximum Gasteiger partial charge on any atom is 0.136 e. The molecule has 15 heavy (non-hydrogen) atoms. The van der Waals surface area contributed by atoms with Gasteiger partial charge in [0.2, 0.25) is 0 Å². The zero-order valence-corrected chi connectivity index (χ0v) is 9.08. The van der Waals surface area contributed by atoms with E-state index < -0.39 is 0 Å². The second kappa shape index (κ2) is 3.81. The molecule has 0 aliphatic rings. The van der Waals surface area contributed by atoms with Crippen LogP contribution in [0.2, 0.25) is 0 Å². The molecule has 2 heteroatoms. The fourth-order valence-corrected chi connectivity index (χ4v) is 1.62. The van der Waals surface area contributed by atoms with Gasteiger partial charge in [0.1, 0.15) is 11.5 Å². The number of aryl methyl sites for hydroxylation is 2. The molecular formula is C13H15NO. The zero-order valence-electron chi connectivity index (χ0n) is 9.08. The topological polar surface area (TPSA) is 39.2 Å². The molecule has 0 radical (unpaired) electrons. The summed E-state index contributed by atoms with van der Waals surface area (Å²) in [5.74, 6) is 1.84. The number of nitrogens with two attached hydrogens (primary N) is 1. The molecule has 0 amide bonds. The van der Waals surface area contributed by atoms with E-state index in [1.807, 2.05) is 37.3 Å². The van der Waals surface area contributed by atoms with E-state index in [-0.39, 0.29) is 0 Å². The van der Waals surface area contributed by atoms with Gasteiger partial charge in [-0.2, -0.15) is 0 Å². The maximum absolute atomic E-state index is 5.94. The Morgan fingerprint density at radius 3 is 2.60 bits per heavy atom. The summed E-state index contributed by atoms with van der Waals surface area (Å²) in [4.78, 5) is 0. The molecule has 2 N–H and O–H groups in total. The number of benzene rings is 1. The van der Waals surface area contributed by atoms with Crippen molar-refractivity contribution in [3.05, 3.63) is 41.7 Å². The Hall–Kier alpha value is -1.70. The molecule has 78 valence electrons. The van der Waals surface area contributed by atoms with Crippen molar-refractivity contribution in [3.8, 4) is 11.3 Å². The van der Waals surface area contributed by atoms with Gasteiger partial charge in [0.15, 0.2) is 0 Å². The van der Waals surface area contributed by atoms with Gasteiger partial charge >= 0.3 is 0 Å². The number of hydrogen-bond donors (Lipinski definition) is 1. The quantitative estimate of drug-likeness (QED) is 0.756. The lowest BCUT2D eigenvalue weighted by molar-refractivity contribution is 0.529. The molecule has 1 aromatic heterocycles. The van der Waals surface area contributed by atoms with Crippen LogP contribution in [0.5, 0.6) is 0 Å². The summed E-state index contributed by atoms with van der Waals surface area (Å²) in [6.07, 6.45) is 0.908. The molecule has 1 aromatic carbocycles. The van der Waals surface area contributed by atoms with Gasteiger partial charge in [0.25, 0.3) is 0 Å². The van der Waals surface area contributed by atoms with Gasteiger partial charge in [0.05, 0.1) is 0 Å². The summed E-state index contributed by atoms with van der Waals surface area (Å²) in [5.41, 5.74) is 8.85. The van der Waals surface area contributed by atoms with Crippen molar-refractivity contribution in [2.45, 2.75) is 20.3 Å². The highest BCUT2D eigenvalue weighted by molar-refractivity contribution is 5.73. The molecule has 0 saturated carbocycles. The summed E-state index contributed by atoms with van der Waals surface area (Å²) in [6.45, 7) is 4.10. The van der Waals surface area contributed by atoms with E-state index in [4.69, 9.17) is 10.2 Å². The van der Waals surface area contributed by atoms with Crippen LogP contribution < -0.4 is 5.73 Å². The van der Waals surface area contributed by atoms with E-state index in [9.17, 15) is 0 Å². The second-order valence-corrected chi connectivity index (χ2v) is 3.71. The van der Waals surface area contributed by atoms with Crippen LogP contribution in [0.1, 0.15) is 18.2 Å². The van der Waals surface area contributed by atoms with Gasteiger partial charge in [-0.15, -0.1) is 0 Å². The van der Waals surface area contributed by atoms with Crippen LogP contribution in [0, 0.1) is 6.92 Å². The van der Waals surface area contributed by atoms with E-state index in [1.54, 1.807) is 0 Å². The summed E-state index contributed by atoms with van der Waals surface area (Å²) in [6, 6.07) is 9.97. The molecule has 1 heterocycles. The van der Waals surface area contributed by atoms with Crippen LogP contribution in [-0.4, -0.2) is 0 Å². The Labute approximate surface area is 89.7 Å². The summed E-state index contributed by atoms with van der Waals surface area (Å²) < 4.78 is 5.66. The highest BCUT2D eigenvalue weighted by Crippen LogP contribution is 2.28. The highest BCUT2D eigenvalue weighted by Gasteiger charge is 2.06. The Balaban J connectivity index is 2.44. The highest BCUT2D eigenvalue weighted by atomic mass is 16.3. The van der Waals surface area contributed by atoms with Gasteiger partial charge in [-0.25, -0.2) is 0 Å². The normalized spacial score (nSPS) is 10.5. The van der Waals surface area contributed by atoms with Crippen molar-refractivity contribution < 1.29 is 4.42 Å². The molecule has 2 aromatic rings. The molecule has 0 aliphatic carbocycles. The second-order valence-electron chi connectivity index (χ2n) is 3.71. The van der Waals surface area contributed by atoms with E-state index >= 15 is 0 Å². The molecule has 0 aliphatic heterocycles. The van der Waals surface area contributed by atoms with E-state index in [2.05, 4.69) is 6.92 Å². The van der Waals surface area contributed by atoms with Crippen molar-refractivity contribution in [1.29, 1.82) is 0 Å². The lowest BCUT2D eigenvalue weighted by Crippen LogP contribution is -1.89. The molecule has 0 atom stereocenters. The molecular weight excluding hydrogens is 186 g/mol. The average Bonchev–Trinajstić information content (AvgIpc) is 2.66. The third kappa shape index (κ3) is 1.89.